The fourth-order valence-corrected chi connectivity index (χ4v) is 5.36. The lowest BCUT2D eigenvalue weighted by molar-refractivity contribution is -0.119. The molecule has 0 saturated carbocycles. The smallest absolute Gasteiger partial charge is 0.250 e. The summed E-state index contributed by atoms with van der Waals surface area (Å²) in [5, 5.41) is 9.00. The lowest BCUT2D eigenvalue weighted by atomic mass is 10.3. The first-order chi connectivity index (χ1) is 17.2. The van der Waals surface area contributed by atoms with Crippen molar-refractivity contribution in [1.29, 1.82) is 0 Å². The van der Waals surface area contributed by atoms with E-state index in [9.17, 15) is 4.79 Å². The molecular formula is C24H28N6O4S. The summed E-state index contributed by atoms with van der Waals surface area (Å²) in [6.07, 6.45) is 0.814. The Kier molecular flexibility index (Phi) is 7.07. The van der Waals surface area contributed by atoms with E-state index < -0.39 is 0 Å². The van der Waals surface area contributed by atoms with Gasteiger partial charge in [-0.05, 0) is 30.7 Å². The average molecular weight is 497 g/mol. The highest BCUT2D eigenvalue weighted by molar-refractivity contribution is 7.22. The van der Waals surface area contributed by atoms with Gasteiger partial charge in [-0.1, -0.05) is 28.7 Å². The molecule has 2 aromatic heterocycles. The molecule has 0 N–H and O–H groups in total. The minimum Gasteiger partial charge on any atom is -0.495 e. The number of rotatable bonds is 9. The van der Waals surface area contributed by atoms with E-state index in [1.54, 1.807) is 23.8 Å². The van der Waals surface area contributed by atoms with E-state index >= 15 is 0 Å². The van der Waals surface area contributed by atoms with Crippen molar-refractivity contribution in [1.82, 2.24) is 24.9 Å². The Hall–Kier alpha value is -3.28. The fourth-order valence-electron chi connectivity index (χ4n) is 4.24. The van der Waals surface area contributed by atoms with Gasteiger partial charge in [0.2, 0.25) is 0 Å². The second-order valence-corrected chi connectivity index (χ2v) is 9.21. The molecule has 5 rings (SSSR count). The van der Waals surface area contributed by atoms with Crippen LogP contribution >= 0.6 is 11.3 Å². The number of hydrogen-bond acceptors (Lipinski definition) is 9. The van der Waals surface area contributed by atoms with Crippen molar-refractivity contribution in [3.05, 3.63) is 36.4 Å². The fraction of sp³-hybridized carbons (Fsp3) is 0.417. The quantitative estimate of drug-likeness (QED) is 0.349. The lowest BCUT2D eigenvalue weighted by Gasteiger charge is -2.27. The summed E-state index contributed by atoms with van der Waals surface area (Å²) in [6, 6.07) is 11.3. The number of methoxy groups -OCH3 is 2. The summed E-state index contributed by atoms with van der Waals surface area (Å²) >= 11 is 1.43. The molecule has 184 valence electrons. The van der Waals surface area contributed by atoms with Gasteiger partial charge in [0.25, 0.3) is 5.91 Å². The molecule has 0 unspecified atom stereocenters. The van der Waals surface area contributed by atoms with Crippen molar-refractivity contribution in [2.75, 3.05) is 58.5 Å². The largest absolute Gasteiger partial charge is 0.495 e. The average Bonchev–Trinajstić information content (AvgIpc) is 3.51. The van der Waals surface area contributed by atoms with E-state index in [-0.39, 0.29) is 12.5 Å². The van der Waals surface area contributed by atoms with Crippen LogP contribution in [-0.2, 0) is 16.1 Å². The second-order valence-electron chi connectivity index (χ2n) is 8.23. The summed E-state index contributed by atoms with van der Waals surface area (Å²) < 4.78 is 19.0. The highest BCUT2D eigenvalue weighted by Crippen LogP contribution is 2.40. The first kappa shape index (κ1) is 23.5. The van der Waals surface area contributed by atoms with Crippen molar-refractivity contribution >= 4 is 43.6 Å². The third kappa shape index (κ3) is 4.93. The van der Waals surface area contributed by atoms with Gasteiger partial charge in [0.1, 0.15) is 33.8 Å². The Morgan fingerprint density at radius 1 is 1.11 bits per heavy atom. The van der Waals surface area contributed by atoms with Gasteiger partial charge in [-0.15, -0.1) is 5.10 Å². The van der Waals surface area contributed by atoms with Crippen LogP contribution < -0.4 is 14.4 Å². The first-order valence-electron chi connectivity index (χ1n) is 11.6. The standard InChI is InChI=1S/C24H28N6O4S/c1-32-19-8-9-20(33-2)23-22(19)25-24(35-23)29(11-5-10-28-12-14-34-15-13-28)21(31)16-30-18-7-4-3-6-17(18)26-27-30/h3-4,6-9H,5,10-16H2,1-2H3. The number of thiazole rings is 1. The second kappa shape index (κ2) is 10.5. The van der Waals surface area contributed by atoms with Crippen LogP contribution in [-0.4, -0.2) is 84.4 Å². The van der Waals surface area contributed by atoms with Crippen molar-refractivity contribution in [2.45, 2.75) is 13.0 Å². The number of morpholine rings is 1. The summed E-state index contributed by atoms with van der Waals surface area (Å²) in [6.45, 7) is 4.81. The molecule has 1 amide bonds. The predicted octanol–water partition coefficient (Wildman–Crippen LogP) is 2.81. The van der Waals surface area contributed by atoms with Gasteiger partial charge in [-0.2, -0.15) is 0 Å². The van der Waals surface area contributed by atoms with Gasteiger partial charge < -0.3 is 14.2 Å². The number of aromatic nitrogens is 4. The normalized spacial score (nSPS) is 14.5. The van der Waals surface area contributed by atoms with Crippen LogP contribution in [0.25, 0.3) is 21.3 Å². The summed E-state index contributed by atoms with van der Waals surface area (Å²) in [7, 11) is 3.24. The van der Waals surface area contributed by atoms with Crippen molar-refractivity contribution < 1.29 is 19.0 Å². The van der Waals surface area contributed by atoms with E-state index in [1.165, 1.54) is 11.3 Å². The Balaban J connectivity index is 1.43. The van der Waals surface area contributed by atoms with Crippen LogP contribution in [0.2, 0.25) is 0 Å². The maximum absolute atomic E-state index is 13.6. The number of benzene rings is 2. The number of carbonyl (C=O) groups excluding carboxylic acids is 1. The molecule has 1 aliphatic rings. The maximum Gasteiger partial charge on any atom is 0.250 e. The molecule has 0 atom stereocenters. The minimum atomic E-state index is -0.0976. The number of fused-ring (bicyclic) bond motifs is 2. The molecule has 1 aliphatic heterocycles. The van der Waals surface area contributed by atoms with Gasteiger partial charge in [-0.25, -0.2) is 9.67 Å². The number of para-hydroxylation sites is 1. The Morgan fingerprint density at radius 2 is 1.89 bits per heavy atom. The first-order valence-corrected chi connectivity index (χ1v) is 12.4. The third-order valence-corrected chi connectivity index (χ3v) is 7.19. The molecule has 1 saturated heterocycles. The monoisotopic (exact) mass is 496 g/mol. The van der Waals surface area contributed by atoms with Crippen LogP contribution in [0.5, 0.6) is 11.5 Å². The Labute approximate surface area is 207 Å². The molecule has 0 bridgehead atoms. The van der Waals surface area contributed by atoms with Gasteiger partial charge in [0.15, 0.2) is 5.13 Å². The van der Waals surface area contributed by atoms with Gasteiger partial charge in [0, 0.05) is 26.2 Å². The van der Waals surface area contributed by atoms with E-state index in [1.807, 2.05) is 36.4 Å². The number of carbonyl (C=O) groups is 1. The highest BCUT2D eigenvalue weighted by Gasteiger charge is 2.24. The maximum atomic E-state index is 13.6. The summed E-state index contributed by atoms with van der Waals surface area (Å²) in [5.74, 6) is 1.25. The van der Waals surface area contributed by atoms with Crippen LogP contribution in [0.4, 0.5) is 5.13 Å². The number of hydrogen-bond donors (Lipinski definition) is 0. The molecule has 35 heavy (non-hydrogen) atoms. The van der Waals surface area contributed by atoms with E-state index in [0.29, 0.717) is 28.7 Å². The molecule has 3 heterocycles. The molecule has 2 aromatic carbocycles. The van der Waals surface area contributed by atoms with E-state index in [4.69, 9.17) is 19.2 Å². The van der Waals surface area contributed by atoms with Crippen LogP contribution in [0.3, 0.4) is 0 Å². The lowest BCUT2D eigenvalue weighted by Crippen LogP contribution is -2.40. The molecule has 11 heteroatoms. The molecular weight excluding hydrogens is 468 g/mol. The highest BCUT2D eigenvalue weighted by atomic mass is 32.1. The van der Waals surface area contributed by atoms with Crippen molar-refractivity contribution in [3.8, 4) is 11.5 Å². The number of nitrogens with zero attached hydrogens (tertiary/aromatic N) is 6. The zero-order valence-corrected chi connectivity index (χ0v) is 20.7. The van der Waals surface area contributed by atoms with Gasteiger partial charge >= 0.3 is 0 Å². The van der Waals surface area contributed by atoms with Crippen LogP contribution in [0, 0.1) is 0 Å². The Bertz CT molecular complexity index is 1280. The number of anilines is 1. The molecule has 10 nitrogen and oxygen atoms in total. The van der Waals surface area contributed by atoms with Gasteiger partial charge in [-0.3, -0.25) is 14.6 Å². The summed E-state index contributed by atoms with van der Waals surface area (Å²) in [4.78, 5) is 22.6. The zero-order chi connectivity index (χ0) is 24.2. The summed E-state index contributed by atoms with van der Waals surface area (Å²) in [5.41, 5.74) is 2.26. The number of ether oxygens (including phenoxy) is 3. The molecule has 0 aliphatic carbocycles. The zero-order valence-electron chi connectivity index (χ0n) is 19.8. The third-order valence-electron chi connectivity index (χ3n) is 6.10. The van der Waals surface area contributed by atoms with Gasteiger partial charge in [0.05, 0.1) is 33.0 Å². The molecule has 0 spiro atoms. The Morgan fingerprint density at radius 3 is 2.69 bits per heavy atom. The molecule has 0 radical (unpaired) electrons. The van der Waals surface area contributed by atoms with Crippen LogP contribution in [0.1, 0.15) is 6.42 Å². The minimum absolute atomic E-state index is 0.0717. The SMILES string of the molecule is COc1ccc(OC)c2sc(N(CCCN3CCOCC3)C(=O)Cn3nnc4ccccc43)nc12. The predicted molar refractivity (Wildman–Crippen MR) is 134 cm³/mol. The van der Waals surface area contributed by atoms with E-state index in [2.05, 4.69) is 15.2 Å². The number of amides is 1. The topological polar surface area (TPSA) is 94.8 Å². The van der Waals surface area contributed by atoms with Crippen LogP contribution in [0.15, 0.2) is 36.4 Å². The molecule has 1 fully saturated rings. The van der Waals surface area contributed by atoms with Crippen molar-refractivity contribution in [3.63, 3.8) is 0 Å². The van der Waals surface area contributed by atoms with E-state index in [0.717, 1.165) is 55.0 Å². The van der Waals surface area contributed by atoms with Crippen molar-refractivity contribution in [2.24, 2.45) is 0 Å². The molecule has 4 aromatic rings.